The zero-order valence-corrected chi connectivity index (χ0v) is 12.3. The summed E-state index contributed by atoms with van der Waals surface area (Å²) in [6, 6.07) is 3.16. The average molecular weight is 359 g/mol. The van der Waals surface area contributed by atoms with E-state index in [1.807, 2.05) is 0 Å². The maximum atomic E-state index is 11.8. The summed E-state index contributed by atoms with van der Waals surface area (Å²) in [7, 11) is 0. The Morgan fingerprint density at radius 3 is 2.45 bits per heavy atom. The summed E-state index contributed by atoms with van der Waals surface area (Å²) in [6.07, 6.45) is -4.68. The van der Waals surface area contributed by atoms with Crippen LogP contribution in [0.3, 0.4) is 0 Å². The van der Waals surface area contributed by atoms with E-state index in [1.54, 1.807) is 19.1 Å². The molecule has 1 aromatic carbocycles. The number of hydrogen-bond donors (Lipinski definition) is 1. The molecule has 0 amide bonds. The highest BCUT2D eigenvalue weighted by Crippen LogP contribution is 2.37. The van der Waals surface area contributed by atoms with Gasteiger partial charge in [-0.2, -0.15) is 0 Å². The maximum Gasteiger partial charge on any atom is 0.522 e. The molecule has 1 rings (SSSR count). The molecular weight excluding hydrogens is 345 g/mol. The molecule has 0 spiro atoms. The summed E-state index contributed by atoms with van der Waals surface area (Å²) < 4.78 is 50.1. The normalized spacial score (nSPS) is 11.5. The second kappa shape index (κ2) is 7.70. The van der Waals surface area contributed by atoms with Crippen molar-refractivity contribution in [1.82, 2.24) is 0 Å². The maximum absolute atomic E-state index is 11.8. The predicted molar refractivity (Wildman–Crippen MR) is 68.7 cm³/mol. The number of aliphatic hydroxyl groups excluding tert-OH is 1. The van der Waals surface area contributed by atoms with E-state index in [2.05, 4.69) is 20.7 Å². The lowest BCUT2D eigenvalue weighted by Gasteiger charge is -2.15. The molecule has 0 saturated carbocycles. The number of rotatable bonds is 7. The van der Waals surface area contributed by atoms with Gasteiger partial charge in [-0.05, 0) is 40.5 Å². The van der Waals surface area contributed by atoms with Crippen molar-refractivity contribution >= 4 is 15.9 Å². The van der Waals surface area contributed by atoms with Crippen LogP contribution < -0.4 is 9.47 Å². The highest BCUT2D eigenvalue weighted by Gasteiger charge is 2.28. The van der Waals surface area contributed by atoms with Gasteiger partial charge in [0.25, 0.3) is 0 Å². The molecule has 114 valence electrons. The standard InChI is InChI=1S/C12H14BrF3O4/c1-2-18-10-6-8(7-17)5-9(13)11(10)19-3-4-20-12(14,15)16/h5-6,17H,2-4,7H2,1H3. The van der Waals surface area contributed by atoms with E-state index in [0.717, 1.165) is 0 Å². The molecule has 0 radical (unpaired) electrons. The SMILES string of the molecule is CCOc1cc(CO)cc(Br)c1OCCOC(F)(F)F. The topological polar surface area (TPSA) is 47.9 Å². The number of halogens is 4. The van der Waals surface area contributed by atoms with Crippen molar-refractivity contribution in [3.63, 3.8) is 0 Å². The minimum atomic E-state index is -4.68. The number of benzene rings is 1. The molecule has 8 heteroatoms. The first-order chi connectivity index (χ1) is 9.37. The highest BCUT2D eigenvalue weighted by molar-refractivity contribution is 9.10. The largest absolute Gasteiger partial charge is 0.522 e. The third-order valence-corrected chi connectivity index (χ3v) is 2.74. The summed E-state index contributed by atoms with van der Waals surface area (Å²) >= 11 is 3.22. The van der Waals surface area contributed by atoms with Gasteiger partial charge in [0.1, 0.15) is 6.61 Å². The van der Waals surface area contributed by atoms with E-state index in [9.17, 15) is 13.2 Å². The Balaban J connectivity index is 2.72. The van der Waals surface area contributed by atoms with E-state index in [0.29, 0.717) is 22.4 Å². The van der Waals surface area contributed by atoms with Crippen molar-refractivity contribution in [3.05, 3.63) is 22.2 Å². The van der Waals surface area contributed by atoms with E-state index in [1.165, 1.54) is 0 Å². The number of ether oxygens (including phenoxy) is 3. The zero-order chi connectivity index (χ0) is 15.2. The summed E-state index contributed by atoms with van der Waals surface area (Å²) in [5, 5.41) is 9.09. The molecule has 0 atom stereocenters. The molecule has 0 aliphatic rings. The Hall–Kier alpha value is -0.990. The van der Waals surface area contributed by atoms with Crippen molar-refractivity contribution in [2.75, 3.05) is 19.8 Å². The van der Waals surface area contributed by atoms with Gasteiger partial charge in [0, 0.05) is 0 Å². The lowest BCUT2D eigenvalue weighted by atomic mass is 10.2. The smallest absolute Gasteiger partial charge is 0.490 e. The number of hydrogen-bond acceptors (Lipinski definition) is 4. The first-order valence-corrected chi connectivity index (χ1v) is 6.56. The minimum absolute atomic E-state index is 0.184. The molecule has 0 bridgehead atoms. The molecule has 4 nitrogen and oxygen atoms in total. The molecule has 20 heavy (non-hydrogen) atoms. The van der Waals surface area contributed by atoms with Gasteiger partial charge < -0.3 is 14.6 Å². The fourth-order valence-electron chi connectivity index (χ4n) is 1.42. The lowest BCUT2D eigenvalue weighted by molar-refractivity contribution is -0.325. The van der Waals surface area contributed by atoms with Gasteiger partial charge in [0.2, 0.25) is 0 Å². The van der Waals surface area contributed by atoms with Gasteiger partial charge in [-0.3, -0.25) is 4.74 Å². The first kappa shape index (κ1) is 17.1. The molecule has 0 aliphatic heterocycles. The van der Waals surface area contributed by atoms with Crippen LogP contribution in [0.15, 0.2) is 16.6 Å². The molecule has 0 aromatic heterocycles. The molecule has 0 fully saturated rings. The van der Waals surface area contributed by atoms with Crippen molar-refractivity contribution in [3.8, 4) is 11.5 Å². The van der Waals surface area contributed by atoms with E-state index in [-0.39, 0.29) is 19.0 Å². The van der Waals surface area contributed by atoms with Gasteiger partial charge >= 0.3 is 6.36 Å². The van der Waals surface area contributed by atoms with Crippen LogP contribution in [0.1, 0.15) is 12.5 Å². The lowest BCUT2D eigenvalue weighted by Crippen LogP contribution is -2.18. The van der Waals surface area contributed by atoms with Crippen LogP contribution >= 0.6 is 15.9 Å². The van der Waals surface area contributed by atoms with Crippen molar-refractivity contribution in [2.24, 2.45) is 0 Å². The first-order valence-electron chi connectivity index (χ1n) is 5.77. The fraction of sp³-hybridized carbons (Fsp3) is 0.500. The Bertz CT molecular complexity index is 437. The van der Waals surface area contributed by atoms with E-state index >= 15 is 0 Å². The van der Waals surface area contributed by atoms with Crippen LogP contribution in [0, 0.1) is 0 Å². The third-order valence-electron chi connectivity index (χ3n) is 2.15. The average Bonchev–Trinajstić information content (AvgIpc) is 2.35. The molecular formula is C12H14BrF3O4. The van der Waals surface area contributed by atoms with Crippen LogP contribution in [-0.2, 0) is 11.3 Å². The van der Waals surface area contributed by atoms with Crippen LogP contribution in [0.5, 0.6) is 11.5 Å². The number of aliphatic hydroxyl groups is 1. The zero-order valence-electron chi connectivity index (χ0n) is 10.7. The molecule has 0 saturated heterocycles. The summed E-state index contributed by atoms with van der Waals surface area (Å²) in [5.74, 6) is 0.618. The van der Waals surface area contributed by atoms with Gasteiger partial charge in [-0.15, -0.1) is 13.2 Å². The monoisotopic (exact) mass is 358 g/mol. The van der Waals surface area contributed by atoms with E-state index < -0.39 is 13.0 Å². The van der Waals surface area contributed by atoms with Crippen LogP contribution in [0.25, 0.3) is 0 Å². The van der Waals surface area contributed by atoms with Crippen LogP contribution in [-0.4, -0.2) is 31.3 Å². The molecule has 0 heterocycles. The predicted octanol–water partition coefficient (Wildman–Crippen LogP) is 3.26. The molecule has 0 unspecified atom stereocenters. The minimum Gasteiger partial charge on any atom is -0.490 e. The van der Waals surface area contributed by atoms with Gasteiger partial charge in [-0.25, -0.2) is 0 Å². The van der Waals surface area contributed by atoms with Crippen LogP contribution in [0.4, 0.5) is 13.2 Å². The Kier molecular flexibility index (Phi) is 6.57. The van der Waals surface area contributed by atoms with Crippen molar-refractivity contribution in [2.45, 2.75) is 19.9 Å². The number of alkyl halides is 3. The second-order valence-corrected chi connectivity index (χ2v) is 4.49. The van der Waals surface area contributed by atoms with Crippen molar-refractivity contribution in [1.29, 1.82) is 0 Å². The van der Waals surface area contributed by atoms with Gasteiger partial charge in [0.05, 0.1) is 24.3 Å². The quantitative estimate of drug-likeness (QED) is 0.760. The van der Waals surface area contributed by atoms with Gasteiger partial charge in [-0.1, -0.05) is 0 Å². The fourth-order valence-corrected chi connectivity index (χ4v) is 2.02. The van der Waals surface area contributed by atoms with Crippen LogP contribution in [0.2, 0.25) is 0 Å². The Labute approximate surface area is 122 Å². The second-order valence-electron chi connectivity index (χ2n) is 3.64. The molecule has 1 N–H and O–H groups in total. The van der Waals surface area contributed by atoms with Gasteiger partial charge in [0.15, 0.2) is 11.5 Å². The third kappa shape index (κ3) is 5.56. The summed E-state index contributed by atoms with van der Waals surface area (Å²) in [6.45, 7) is 1.03. The summed E-state index contributed by atoms with van der Waals surface area (Å²) in [5.41, 5.74) is 0.596. The van der Waals surface area contributed by atoms with Crippen molar-refractivity contribution < 1.29 is 32.5 Å². The Morgan fingerprint density at radius 1 is 1.20 bits per heavy atom. The Morgan fingerprint density at radius 2 is 1.90 bits per heavy atom. The highest BCUT2D eigenvalue weighted by atomic mass is 79.9. The van der Waals surface area contributed by atoms with E-state index in [4.69, 9.17) is 14.6 Å². The molecule has 1 aromatic rings. The summed E-state index contributed by atoms with van der Waals surface area (Å²) in [4.78, 5) is 0. The molecule has 0 aliphatic carbocycles.